The Morgan fingerprint density at radius 2 is 2.14 bits per heavy atom. The molecule has 0 amide bonds. The smallest absolute Gasteiger partial charge is 0.243 e. The summed E-state index contributed by atoms with van der Waals surface area (Å²) in [6, 6.07) is 4.81. The van der Waals surface area contributed by atoms with Gasteiger partial charge in [0.1, 0.15) is 0 Å². The van der Waals surface area contributed by atoms with Crippen molar-refractivity contribution < 1.29 is 4.92 Å². The first-order chi connectivity index (χ1) is 6.50. The van der Waals surface area contributed by atoms with Crippen LogP contribution in [-0.4, -0.2) is 4.92 Å². The van der Waals surface area contributed by atoms with Gasteiger partial charge < -0.3 is 0 Å². The molecule has 0 bridgehead atoms. The molecule has 0 N–H and O–H groups in total. The Labute approximate surface area is 91.1 Å². The molecule has 0 saturated carbocycles. The third-order valence-electron chi connectivity index (χ3n) is 1.61. The minimum absolute atomic E-state index is 0.0363. The van der Waals surface area contributed by atoms with Crippen molar-refractivity contribution in [3.8, 4) is 0 Å². The van der Waals surface area contributed by atoms with E-state index in [0.717, 1.165) is 0 Å². The van der Waals surface area contributed by atoms with Crippen LogP contribution in [0.4, 0.5) is 0 Å². The quantitative estimate of drug-likeness (QED) is 0.577. The van der Waals surface area contributed by atoms with Crippen molar-refractivity contribution in [2.24, 2.45) is 0 Å². The second kappa shape index (κ2) is 4.44. The predicted molar refractivity (Wildman–Crippen MR) is 57.1 cm³/mol. The summed E-state index contributed by atoms with van der Waals surface area (Å²) in [7, 11) is 0. The summed E-state index contributed by atoms with van der Waals surface area (Å²) in [6.45, 7) is 1.41. The Kier molecular flexibility index (Phi) is 3.49. The lowest BCUT2D eigenvalue weighted by molar-refractivity contribution is -0.422. The van der Waals surface area contributed by atoms with Crippen LogP contribution in [0.15, 0.2) is 23.9 Å². The maximum absolute atomic E-state index is 10.4. The van der Waals surface area contributed by atoms with E-state index in [9.17, 15) is 10.1 Å². The molecule has 0 aliphatic carbocycles. The van der Waals surface area contributed by atoms with E-state index in [-0.39, 0.29) is 5.70 Å². The average molecular weight is 232 g/mol. The van der Waals surface area contributed by atoms with E-state index >= 15 is 0 Å². The van der Waals surface area contributed by atoms with E-state index in [0.29, 0.717) is 15.6 Å². The van der Waals surface area contributed by atoms with Gasteiger partial charge in [-0.05, 0) is 17.7 Å². The van der Waals surface area contributed by atoms with Crippen molar-refractivity contribution in [3.63, 3.8) is 0 Å². The minimum atomic E-state index is -0.467. The number of hydrogen-bond donors (Lipinski definition) is 0. The zero-order chi connectivity index (χ0) is 10.7. The molecule has 14 heavy (non-hydrogen) atoms. The Hall–Kier alpha value is -1.06. The van der Waals surface area contributed by atoms with Crippen LogP contribution in [-0.2, 0) is 0 Å². The highest BCUT2D eigenvalue weighted by Gasteiger charge is 2.05. The number of halogens is 2. The molecule has 1 aromatic rings. The van der Waals surface area contributed by atoms with Crippen LogP contribution in [0.25, 0.3) is 6.08 Å². The normalized spacial score (nSPS) is 11.5. The van der Waals surface area contributed by atoms with E-state index in [2.05, 4.69) is 0 Å². The molecule has 0 heterocycles. The number of benzene rings is 1. The highest BCUT2D eigenvalue weighted by Crippen LogP contribution is 2.22. The van der Waals surface area contributed by atoms with Gasteiger partial charge in [-0.1, -0.05) is 29.3 Å². The van der Waals surface area contributed by atoms with E-state index in [4.69, 9.17) is 23.2 Å². The first-order valence-corrected chi connectivity index (χ1v) is 4.54. The summed E-state index contributed by atoms with van der Waals surface area (Å²) >= 11 is 11.5. The van der Waals surface area contributed by atoms with Crippen LogP contribution in [0, 0.1) is 10.1 Å². The van der Waals surface area contributed by atoms with Gasteiger partial charge in [-0.25, -0.2) is 0 Å². The van der Waals surface area contributed by atoms with Crippen molar-refractivity contribution in [1.82, 2.24) is 0 Å². The van der Waals surface area contributed by atoms with E-state index in [1.807, 2.05) is 0 Å². The maximum atomic E-state index is 10.4. The molecular weight excluding hydrogens is 225 g/mol. The van der Waals surface area contributed by atoms with Crippen LogP contribution in [0.2, 0.25) is 10.0 Å². The highest BCUT2D eigenvalue weighted by atomic mass is 35.5. The number of nitro groups is 1. The summed E-state index contributed by atoms with van der Waals surface area (Å²) in [5.74, 6) is 0. The van der Waals surface area contributed by atoms with Crippen molar-refractivity contribution in [2.75, 3.05) is 0 Å². The Morgan fingerprint density at radius 1 is 1.50 bits per heavy atom. The average Bonchev–Trinajstić information content (AvgIpc) is 2.09. The lowest BCUT2D eigenvalue weighted by Crippen LogP contribution is -1.93. The van der Waals surface area contributed by atoms with Crippen molar-refractivity contribution in [3.05, 3.63) is 49.6 Å². The topological polar surface area (TPSA) is 43.1 Å². The van der Waals surface area contributed by atoms with Crippen LogP contribution in [0.1, 0.15) is 12.5 Å². The van der Waals surface area contributed by atoms with E-state index in [1.165, 1.54) is 13.0 Å². The van der Waals surface area contributed by atoms with Gasteiger partial charge in [-0.3, -0.25) is 10.1 Å². The molecule has 0 aromatic heterocycles. The van der Waals surface area contributed by atoms with Crippen LogP contribution >= 0.6 is 23.2 Å². The van der Waals surface area contributed by atoms with E-state index in [1.54, 1.807) is 18.2 Å². The maximum Gasteiger partial charge on any atom is 0.243 e. The Bertz CT molecular complexity index is 402. The molecule has 0 saturated heterocycles. The molecule has 1 rings (SSSR count). The van der Waals surface area contributed by atoms with Gasteiger partial charge in [0.2, 0.25) is 5.70 Å². The molecule has 0 aliphatic heterocycles. The predicted octanol–water partition coefficient (Wildman–Crippen LogP) is 3.63. The van der Waals surface area contributed by atoms with Gasteiger partial charge >= 0.3 is 0 Å². The van der Waals surface area contributed by atoms with Crippen molar-refractivity contribution >= 4 is 29.3 Å². The molecule has 0 aliphatic rings. The second-order valence-electron chi connectivity index (χ2n) is 2.71. The van der Waals surface area contributed by atoms with Gasteiger partial charge in [-0.2, -0.15) is 0 Å². The standard InChI is InChI=1S/C9H7Cl2NO2/c1-6(12(13)14)4-7-2-3-8(10)5-9(7)11/h2-5H,1H3. The monoisotopic (exact) mass is 231 g/mol. The van der Waals surface area contributed by atoms with Crippen molar-refractivity contribution in [1.29, 1.82) is 0 Å². The molecule has 74 valence electrons. The first-order valence-electron chi connectivity index (χ1n) is 3.78. The molecule has 5 heteroatoms. The number of nitrogens with zero attached hydrogens (tertiary/aromatic N) is 1. The summed E-state index contributed by atoms with van der Waals surface area (Å²) in [5.41, 5.74) is 0.625. The third-order valence-corrected chi connectivity index (χ3v) is 2.18. The molecule has 0 radical (unpaired) electrons. The van der Waals surface area contributed by atoms with Gasteiger partial charge in [0.15, 0.2) is 0 Å². The Morgan fingerprint density at radius 3 is 2.64 bits per heavy atom. The molecule has 0 atom stereocenters. The molecule has 1 aromatic carbocycles. The zero-order valence-electron chi connectivity index (χ0n) is 7.33. The second-order valence-corrected chi connectivity index (χ2v) is 3.55. The molecule has 0 spiro atoms. The molecule has 0 unspecified atom stereocenters. The summed E-state index contributed by atoms with van der Waals surface area (Å²) in [4.78, 5) is 9.88. The third kappa shape index (κ3) is 2.72. The van der Waals surface area contributed by atoms with Gasteiger partial charge in [-0.15, -0.1) is 0 Å². The highest BCUT2D eigenvalue weighted by molar-refractivity contribution is 6.35. The molecular formula is C9H7Cl2NO2. The lowest BCUT2D eigenvalue weighted by atomic mass is 10.2. The molecule has 3 nitrogen and oxygen atoms in total. The zero-order valence-corrected chi connectivity index (χ0v) is 8.84. The summed E-state index contributed by atoms with van der Waals surface area (Å²) in [6.07, 6.45) is 1.40. The van der Waals surface area contributed by atoms with Gasteiger partial charge in [0.25, 0.3) is 0 Å². The number of allylic oxidation sites excluding steroid dienone is 1. The first kappa shape index (κ1) is 11.0. The van der Waals surface area contributed by atoms with Crippen LogP contribution in [0.5, 0.6) is 0 Å². The molecule has 0 fully saturated rings. The largest absolute Gasteiger partial charge is 0.259 e. The van der Waals surface area contributed by atoms with E-state index < -0.39 is 4.92 Å². The fourth-order valence-electron chi connectivity index (χ4n) is 0.896. The van der Waals surface area contributed by atoms with Gasteiger partial charge in [0.05, 0.1) is 4.92 Å². The Balaban J connectivity index is 3.09. The summed E-state index contributed by atoms with van der Waals surface area (Å²) in [5, 5.41) is 11.3. The number of rotatable bonds is 2. The lowest BCUT2D eigenvalue weighted by Gasteiger charge is -1.98. The van der Waals surface area contributed by atoms with Crippen molar-refractivity contribution in [2.45, 2.75) is 6.92 Å². The van der Waals surface area contributed by atoms with Crippen LogP contribution < -0.4 is 0 Å². The fraction of sp³-hybridized carbons (Fsp3) is 0.111. The van der Waals surface area contributed by atoms with Gasteiger partial charge in [0, 0.05) is 23.0 Å². The fourth-order valence-corrected chi connectivity index (χ4v) is 1.36. The minimum Gasteiger partial charge on any atom is -0.259 e. The SMILES string of the molecule is CC(=Cc1ccc(Cl)cc1Cl)[N+](=O)[O-]. The number of hydrogen-bond acceptors (Lipinski definition) is 2. The van der Waals surface area contributed by atoms with Crippen LogP contribution in [0.3, 0.4) is 0 Å². The summed E-state index contributed by atoms with van der Waals surface area (Å²) < 4.78 is 0.